The van der Waals surface area contributed by atoms with Crippen molar-refractivity contribution in [1.29, 1.82) is 0 Å². The third kappa shape index (κ3) is 1.48. The minimum absolute atomic E-state index is 0.000116. The van der Waals surface area contributed by atoms with Gasteiger partial charge in [-0.15, -0.1) is 0 Å². The Labute approximate surface area is 158 Å². The van der Waals surface area contributed by atoms with Crippen molar-refractivity contribution in [2.24, 2.45) is 33.5 Å². The van der Waals surface area contributed by atoms with E-state index in [0.29, 0.717) is 17.4 Å². The number of aliphatic hydroxyl groups is 2. The van der Waals surface area contributed by atoms with Gasteiger partial charge in [-0.2, -0.15) is 0 Å². The molecule has 8 aliphatic carbocycles. The van der Waals surface area contributed by atoms with Crippen LogP contribution in [0.2, 0.25) is 0 Å². The second kappa shape index (κ2) is 4.71. The van der Waals surface area contributed by atoms with Gasteiger partial charge in [-0.3, -0.25) is 0 Å². The Morgan fingerprint density at radius 2 is 1.81 bits per heavy atom. The Morgan fingerprint density at radius 1 is 0.962 bits per heavy atom. The van der Waals surface area contributed by atoms with E-state index < -0.39 is 5.60 Å². The normalized spacial score (nSPS) is 65.5. The topological polar surface area (TPSA) is 52.5 Å². The second-order valence-electron chi connectivity index (χ2n) is 11.8. The molecule has 8 fully saturated rings. The molecule has 26 heavy (non-hydrogen) atoms. The standard InChI is InChI=1S/C23H37NO2/c1-19-7-4-9-22(26,13-19)21-11-15-6-10-23(21,17(25)12-19)20(14-21)8-3-5-16(20)18(15)24-2/h15-18,24-26H,3-14H2,1-2H3/t15-,16+,17-,18-,19+,20+,21+,22-,23+/m1/s1. The molecule has 8 aliphatic rings. The zero-order chi connectivity index (χ0) is 18.0. The van der Waals surface area contributed by atoms with E-state index in [-0.39, 0.29) is 22.3 Å². The number of aliphatic hydroxyl groups excluding tert-OH is 1. The maximum absolute atomic E-state index is 12.2. The summed E-state index contributed by atoms with van der Waals surface area (Å²) in [6.45, 7) is 2.36. The van der Waals surface area contributed by atoms with E-state index in [1.54, 1.807) is 0 Å². The minimum atomic E-state index is -0.531. The Bertz CT molecular complexity index is 652. The van der Waals surface area contributed by atoms with E-state index in [2.05, 4.69) is 19.3 Å². The van der Waals surface area contributed by atoms with Gasteiger partial charge in [0.05, 0.1) is 11.7 Å². The molecule has 3 nitrogen and oxygen atoms in total. The summed E-state index contributed by atoms with van der Waals surface area (Å²) in [5, 5.41) is 27.9. The lowest BCUT2D eigenvalue weighted by Crippen LogP contribution is -2.77. The Balaban J connectivity index is 1.60. The largest absolute Gasteiger partial charge is 0.392 e. The molecule has 0 aromatic carbocycles. The van der Waals surface area contributed by atoms with E-state index >= 15 is 0 Å². The predicted octanol–water partition coefficient (Wildman–Crippen LogP) is 3.63. The quantitative estimate of drug-likeness (QED) is 0.670. The first-order valence-electron chi connectivity index (χ1n) is 11.4. The van der Waals surface area contributed by atoms with Crippen molar-refractivity contribution in [2.75, 3.05) is 7.05 Å². The van der Waals surface area contributed by atoms with Crippen molar-refractivity contribution in [3.63, 3.8) is 0 Å². The first-order valence-corrected chi connectivity index (χ1v) is 11.4. The average Bonchev–Trinajstić information content (AvgIpc) is 2.87. The van der Waals surface area contributed by atoms with Crippen LogP contribution < -0.4 is 5.32 Å². The van der Waals surface area contributed by atoms with Gasteiger partial charge in [-0.05, 0) is 93.9 Å². The van der Waals surface area contributed by atoms with Crippen molar-refractivity contribution >= 4 is 0 Å². The van der Waals surface area contributed by atoms with E-state index in [9.17, 15) is 10.2 Å². The maximum atomic E-state index is 12.2. The first-order chi connectivity index (χ1) is 12.4. The summed E-state index contributed by atoms with van der Waals surface area (Å²) in [5.74, 6) is 1.42. The molecule has 0 heterocycles. The van der Waals surface area contributed by atoms with E-state index in [4.69, 9.17) is 0 Å². The lowest BCUT2D eigenvalue weighted by Gasteiger charge is -2.78. The van der Waals surface area contributed by atoms with Gasteiger partial charge in [-0.25, -0.2) is 0 Å². The molecule has 0 aliphatic heterocycles. The molecule has 8 rings (SSSR count). The number of rotatable bonds is 1. The fourth-order valence-electron chi connectivity index (χ4n) is 10.9. The van der Waals surface area contributed by atoms with Crippen molar-refractivity contribution in [1.82, 2.24) is 5.32 Å². The van der Waals surface area contributed by atoms with Crippen LogP contribution in [0.1, 0.15) is 84.0 Å². The molecule has 3 spiro atoms. The summed E-state index contributed by atoms with van der Waals surface area (Å²) < 4.78 is 0. The Morgan fingerprint density at radius 3 is 2.62 bits per heavy atom. The lowest BCUT2D eigenvalue weighted by molar-refractivity contribution is -0.345. The van der Waals surface area contributed by atoms with Crippen molar-refractivity contribution in [2.45, 2.75) is 102 Å². The fraction of sp³-hybridized carbons (Fsp3) is 1.00. The SMILES string of the molecule is CN[C@@H]1[C@@H]2CC[C@@]34[C@H](O)C[C@]5(C)CCC[C@@](O)(C5)[C@]3(C2)C[C@]42CCC[C@@H]12. The Kier molecular flexibility index (Phi) is 3.04. The van der Waals surface area contributed by atoms with Gasteiger partial charge in [0.25, 0.3) is 0 Å². The highest BCUT2D eigenvalue weighted by molar-refractivity contribution is 5.35. The molecule has 9 atom stereocenters. The summed E-state index contributed by atoms with van der Waals surface area (Å²) >= 11 is 0. The van der Waals surface area contributed by atoms with Gasteiger partial charge in [0.2, 0.25) is 0 Å². The smallest absolute Gasteiger partial charge is 0.0715 e. The number of hydrogen-bond acceptors (Lipinski definition) is 3. The third-order valence-corrected chi connectivity index (χ3v) is 11.2. The summed E-state index contributed by atoms with van der Waals surface area (Å²) in [6.07, 6.45) is 13.8. The molecule has 0 aromatic heterocycles. The predicted molar refractivity (Wildman–Crippen MR) is 102 cm³/mol. The van der Waals surface area contributed by atoms with Crippen LogP contribution in [0.5, 0.6) is 0 Å². The molecule has 6 bridgehead atoms. The average molecular weight is 360 g/mol. The second-order valence-corrected chi connectivity index (χ2v) is 11.8. The van der Waals surface area contributed by atoms with E-state index in [1.807, 2.05) is 0 Å². The first kappa shape index (κ1) is 16.8. The van der Waals surface area contributed by atoms with Gasteiger partial charge < -0.3 is 15.5 Å². The van der Waals surface area contributed by atoms with E-state index in [0.717, 1.165) is 31.6 Å². The molecule has 8 saturated carbocycles. The molecule has 0 radical (unpaired) electrons. The highest BCUT2D eigenvalue weighted by Gasteiger charge is 2.86. The van der Waals surface area contributed by atoms with Crippen LogP contribution in [0.15, 0.2) is 0 Å². The van der Waals surface area contributed by atoms with Crippen LogP contribution >= 0.6 is 0 Å². The van der Waals surface area contributed by atoms with Crippen LogP contribution in [-0.4, -0.2) is 35.0 Å². The van der Waals surface area contributed by atoms with Crippen molar-refractivity contribution < 1.29 is 10.2 Å². The Hall–Kier alpha value is -0.120. The number of nitrogens with one attached hydrogen (secondary N) is 1. The molecule has 3 N–H and O–H groups in total. The van der Waals surface area contributed by atoms with Crippen LogP contribution in [0, 0.1) is 33.5 Å². The molecular formula is C23H37NO2. The molecule has 0 saturated heterocycles. The highest BCUT2D eigenvalue weighted by Crippen LogP contribution is 2.88. The molecular weight excluding hydrogens is 322 g/mol. The zero-order valence-corrected chi connectivity index (χ0v) is 16.7. The molecule has 0 unspecified atom stereocenters. The van der Waals surface area contributed by atoms with Crippen LogP contribution in [0.3, 0.4) is 0 Å². The summed E-state index contributed by atoms with van der Waals surface area (Å²) in [7, 11) is 2.17. The molecule has 0 aromatic rings. The van der Waals surface area contributed by atoms with Crippen molar-refractivity contribution in [3.05, 3.63) is 0 Å². The van der Waals surface area contributed by atoms with Gasteiger partial charge in [0.15, 0.2) is 0 Å². The molecule has 0 amide bonds. The summed E-state index contributed by atoms with van der Waals surface area (Å²) in [6, 6.07) is 0.606. The van der Waals surface area contributed by atoms with Gasteiger partial charge in [0.1, 0.15) is 0 Å². The van der Waals surface area contributed by atoms with Crippen LogP contribution in [0.25, 0.3) is 0 Å². The van der Waals surface area contributed by atoms with Crippen LogP contribution in [-0.2, 0) is 0 Å². The summed E-state index contributed by atoms with van der Waals surface area (Å²) in [4.78, 5) is 0. The van der Waals surface area contributed by atoms with Gasteiger partial charge in [-0.1, -0.05) is 19.8 Å². The molecule has 3 heteroatoms. The van der Waals surface area contributed by atoms with E-state index in [1.165, 1.54) is 51.4 Å². The fourth-order valence-corrected chi connectivity index (χ4v) is 10.9. The zero-order valence-electron chi connectivity index (χ0n) is 16.7. The van der Waals surface area contributed by atoms with Crippen molar-refractivity contribution in [3.8, 4) is 0 Å². The van der Waals surface area contributed by atoms with Crippen LogP contribution in [0.4, 0.5) is 0 Å². The minimum Gasteiger partial charge on any atom is -0.392 e. The van der Waals surface area contributed by atoms with Gasteiger partial charge in [0, 0.05) is 16.9 Å². The highest BCUT2D eigenvalue weighted by atomic mass is 16.3. The monoisotopic (exact) mass is 359 g/mol. The third-order valence-electron chi connectivity index (χ3n) is 11.2. The lowest BCUT2D eigenvalue weighted by atomic mass is 9.27. The van der Waals surface area contributed by atoms with Gasteiger partial charge >= 0.3 is 0 Å². The number of hydrogen-bond donors (Lipinski definition) is 3. The molecule has 146 valence electrons. The summed E-state index contributed by atoms with van der Waals surface area (Å²) in [5.41, 5.74) is -0.0958. The maximum Gasteiger partial charge on any atom is 0.0715 e. The number of fused-ring (bicyclic) bond motifs is 3.